The molecule has 0 aliphatic carbocycles. The van der Waals surface area contributed by atoms with E-state index in [0.29, 0.717) is 37.0 Å². The molecule has 0 atom stereocenters. The average molecular weight is 417 g/mol. The molecule has 29 heavy (non-hydrogen) atoms. The number of aliphatic imine (C=N–C) groups is 1. The predicted molar refractivity (Wildman–Crippen MR) is 117 cm³/mol. The number of fused-ring (bicyclic) bond motifs is 1. The lowest BCUT2D eigenvalue weighted by molar-refractivity contribution is -0.131. The third-order valence-electron chi connectivity index (χ3n) is 4.75. The Bertz CT molecular complexity index is 865. The molecular weight excluding hydrogens is 388 g/mol. The van der Waals surface area contributed by atoms with Crippen molar-refractivity contribution in [2.45, 2.75) is 26.3 Å². The van der Waals surface area contributed by atoms with Gasteiger partial charge in [-0.3, -0.25) is 9.79 Å². The first-order valence-corrected chi connectivity index (χ1v) is 10.6. The highest BCUT2D eigenvalue weighted by Crippen LogP contribution is 2.29. The summed E-state index contributed by atoms with van der Waals surface area (Å²) in [6.07, 6.45) is 1.34. The van der Waals surface area contributed by atoms with E-state index in [1.54, 1.807) is 25.6 Å². The summed E-state index contributed by atoms with van der Waals surface area (Å²) < 4.78 is 10.6. The van der Waals surface area contributed by atoms with Crippen molar-refractivity contribution in [1.82, 2.24) is 10.2 Å². The molecule has 0 fully saturated rings. The van der Waals surface area contributed by atoms with Gasteiger partial charge >= 0.3 is 0 Å². The maximum Gasteiger partial charge on any atom is 0.224 e. The minimum Gasteiger partial charge on any atom is -0.493 e. The molecule has 0 radical (unpaired) electrons. The Morgan fingerprint density at radius 3 is 2.83 bits per heavy atom. The first kappa shape index (κ1) is 21.0. The summed E-state index contributed by atoms with van der Waals surface area (Å²) in [5.74, 6) is 2.08. The molecule has 1 aliphatic rings. The Hall–Kier alpha value is -2.74. The number of carbonyl (C=O) groups is 1. The summed E-state index contributed by atoms with van der Waals surface area (Å²) in [5.41, 5.74) is 2.11. The number of amides is 1. The van der Waals surface area contributed by atoms with Crippen LogP contribution in [0.1, 0.15) is 23.8 Å². The number of hydrogen-bond acceptors (Lipinski definition) is 5. The monoisotopic (exact) mass is 416 g/mol. The topological polar surface area (TPSA) is 75.2 Å². The van der Waals surface area contributed by atoms with Crippen molar-refractivity contribution in [2.75, 3.05) is 39.2 Å². The highest BCUT2D eigenvalue weighted by Gasteiger charge is 2.20. The lowest BCUT2D eigenvalue weighted by atomic mass is 10.1. The third-order valence-corrected chi connectivity index (χ3v) is 5.77. The Kier molecular flexibility index (Phi) is 7.35. The molecule has 0 saturated carbocycles. The second-order valence-electron chi connectivity index (χ2n) is 6.64. The number of benzene rings is 1. The lowest BCUT2D eigenvalue weighted by Crippen LogP contribution is -2.36. The molecule has 156 valence electrons. The molecule has 1 aliphatic heterocycles. The van der Waals surface area contributed by atoms with Crippen molar-refractivity contribution >= 4 is 28.9 Å². The van der Waals surface area contributed by atoms with Gasteiger partial charge in [-0.2, -0.15) is 0 Å². The van der Waals surface area contributed by atoms with E-state index >= 15 is 0 Å². The van der Waals surface area contributed by atoms with E-state index in [1.165, 1.54) is 10.4 Å². The molecule has 8 heteroatoms. The van der Waals surface area contributed by atoms with Crippen molar-refractivity contribution in [3.8, 4) is 11.5 Å². The molecule has 1 aromatic carbocycles. The van der Waals surface area contributed by atoms with E-state index in [2.05, 4.69) is 27.1 Å². The molecule has 2 heterocycles. The van der Waals surface area contributed by atoms with Crippen LogP contribution in [0.2, 0.25) is 0 Å². The smallest absolute Gasteiger partial charge is 0.224 e. The van der Waals surface area contributed by atoms with E-state index in [1.807, 2.05) is 30.0 Å². The third kappa shape index (κ3) is 5.41. The number of methoxy groups -OCH3 is 2. The Balaban J connectivity index is 1.57. The molecule has 0 spiro atoms. The highest BCUT2D eigenvalue weighted by molar-refractivity contribution is 7.10. The van der Waals surface area contributed by atoms with Gasteiger partial charge in [0.25, 0.3) is 0 Å². The fraction of sp³-hybridized carbons (Fsp3) is 0.429. The molecule has 0 bridgehead atoms. The van der Waals surface area contributed by atoms with Gasteiger partial charge in [0.15, 0.2) is 17.5 Å². The molecule has 2 N–H and O–H groups in total. The van der Waals surface area contributed by atoms with E-state index < -0.39 is 0 Å². The summed E-state index contributed by atoms with van der Waals surface area (Å²) in [6, 6.07) is 7.70. The van der Waals surface area contributed by atoms with Crippen LogP contribution in [0.5, 0.6) is 11.5 Å². The standard InChI is InChI=1S/C21H28N4O3S/c1-4-22-21(24-16-5-6-17(27-2)18(13-16)28-3)23-10-7-20(26)25-11-8-19-15(14-25)9-12-29-19/h5-6,9,12-13H,4,7-8,10-11,14H2,1-3H3,(H2,22,23,24). The number of carbonyl (C=O) groups excluding carboxylic acids is 1. The van der Waals surface area contributed by atoms with Crippen LogP contribution in [0.15, 0.2) is 34.6 Å². The average Bonchev–Trinajstić information content (AvgIpc) is 3.21. The van der Waals surface area contributed by atoms with Crippen LogP contribution in [0.3, 0.4) is 0 Å². The normalized spacial score (nSPS) is 13.6. The van der Waals surface area contributed by atoms with Gasteiger partial charge in [0.2, 0.25) is 5.91 Å². The van der Waals surface area contributed by atoms with Crippen LogP contribution in [0.4, 0.5) is 5.69 Å². The number of nitrogens with one attached hydrogen (secondary N) is 2. The van der Waals surface area contributed by atoms with Gasteiger partial charge < -0.3 is 25.0 Å². The Morgan fingerprint density at radius 1 is 1.24 bits per heavy atom. The quantitative estimate of drug-likeness (QED) is 0.536. The van der Waals surface area contributed by atoms with Crippen LogP contribution in [0, 0.1) is 0 Å². The highest BCUT2D eigenvalue weighted by atomic mass is 32.1. The second-order valence-corrected chi connectivity index (χ2v) is 7.64. The number of ether oxygens (including phenoxy) is 2. The van der Waals surface area contributed by atoms with Gasteiger partial charge in [-0.1, -0.05) is 0 Å². The zero-order valence-corrected chi connectivity index (χ0v) is 18.0. The van der Waals surface area contributed by atoms with Crippen LogP contribution in [-0.2, 0) is 17.8 Å². The van der Waals surface area contributed by atoms with Crippen molar-refractivity contribution in [3.05, 3.63) is 40.1 Å². The predicted octanol–water partition coefficient (Wildman–Crippen LogP) is 3.12. The van der Waals surface area contributed by atoms with Crippen molar-refractivity contribution in [2.24, 2.45) is 4.99 Å². The minimum absolute atomic E-state index is 0.146. The van der Waals surface area contributed by atoms with Crippen molar-refractivity contribution in [1.29, 1.82) is 0 Å². The minimum atomic E-state index is 0.146. The number of rotatable bonds is 7. The molecule has 1 aromatic heterocycles. The maximum absolute atomic E-state index is 12.6. The number of hydrogen-bond donors (Lipinski definition) is 2. The first-order chi connectivity index (χ1) is 14.1. The van der Waals surface area contributed by atoms with E-state index in [4.69, 9.17) is 9.47 Å². The molecular formula is C21H28N4O3S. The molecule has 0 saturated heterocycles. The summed E-state index contributed by atoms with van der Waals surface area (Å²) >= 11 is 1.78. The maximum atomic E-state index is 12.6. The van der Waals surface area contributed by atoms with E-state index in [0.717, 1.165) is 25.2 Å². The second kappa shape index (κ2) is 10.2. The first-order valence-electron chi connectivity index (χ1n) is 9.75. The van der Waals surface area contributed by atoms with Gasteiger partial charge in [0, 0.05) is 42.7 Å². The fourth-order valence-corrected chi connectivity index (χ4v) is 4.13. The zero-order valence-electron chi connectivity index (χ0n) is 17.2. The molecule has 1 amide bonds. The number of thiophene rings is 1. The van der Waals surface area contributed by atoms with E-state index in [-0.39, 0.29) is 5.91 Å². The molecule has 7 nitrogen and oxygen atoms in total. The van der Waals surface area contributed by atoms with Crippen molar-refractivity contribution < 1.29 is 14.3 Å². The van der Waals surface area contributed by atoms with Crippen LogP contribution in [0.25, 0.3) is 0 Å². The molecule has 0 unspecified atom stereocenters. The largest absolute Gasteiger partial charge is 0.493 e. The SMILES string of the molecule is CCNC(=NCCC(=O)N1CCc2sccc2C1)Nc1ccc(OC)c(OC)c1. The number of guanidine groups is 1. The number of anilines is 1. The Morgan fingerprint density at radius 2 is 2.07 bits per heavy atom. The Labute approximate surface area is 175 Å². The molecule has 2 aromatic rings. The van der Waals surface area contributed by atoms with Crippen LogP contribution in [-0.4, -0.2) is 50.6 Å². The summed E-state index contributed by atoms with van der Waals surface area (Å²) in [5, 5.41) is 8.55. The molecule has 3 rings (SSSR count). The van der Waals surface area contributed by atoms with Crippen LogP contribution >= 0.6 is 11.3 Å². The fourth-order valence-electron chi connectivity index (χ4n) is 3.24. The summed E-state index contributed by atoms with van der Waals surface area (Å²) in [6.45, 7) is 4.66. The summed E-state index contributed by atoms with van der Waals surface area (Å²) in [7, 11) is 3.21. The number of nitrogens with zero attached hydrogens (tertiary/aromatic N) is 2. The van der Waals surface area contributed by atoms with Gasteiger partial charge in [0.05, 0.1) is 20.8 Å². The van der Waals surface area contributed by atoms with Crippen molar-refractivity contribution in [3.63, 3.8) is 0 Å². The zero-order chi connectivity index (χ0) is 20.6. The van der Waals surface area contributed by atoms with Gasteiger partial charge in [-0.15, -0.1) is 11.3 Å². The van der Waals surface area contributed by atoms with Gasteiger partial charge in [-0.05, 0) is 42.5 Å². The van der Waals surface area contributed by atoms with Gasteiger partial charge in [0.1, 0.15) is 0 Å². The van der Waals surface area contributed by atoms with Gasteiger partial charge in [-0.25, -0.2) is 0 Å². The van der Waals surface area contributed by atoms with Crippen LogP contribution < -0.4 is 20.1 Å². The summed E-state index contributed by atoms with van der Waals surface area (Å²) in [4.78, 5) is 20.5. The van der Waals surface area contributed by atoms with E-state index in [9.17, 15) is 4.79 Å². The lowest BCUT2D eigenvalue weighted by Gasteiger charge is -2.26.